The molecule has 1 aromatic heterocycles. The Bertz CT molecular complexity index is 678. The lowest BCUT2D eigenvalue weighted by Gasteiger charge is -2.22. The SMILES string of the molecule is NC1CCn2c(-c3ccccc3O)nc(C(=O)O)c2C1. The highest BCUT2D eigenvalue weighted by molar-refractivity contribution is 5.88. The molecule has 1 aliphatic rings. The Morgan fingerprint density at radius 3 is 2.85 bits per heavy atom. The molecule has 0 spiro atoms. The van der Waals surface area contributed by atoms with Gasteiger partial charge in [0, 0.05) is 19.0 Å². The molecule has 4 N–H and O–H groups in total. The van der Waals surface area contributed by atoms with Crippen LogP contribution < -0.4 is 5.73 Å². The number of nitrogens with zero attached hydrogens (tertiary/aromatic N) is 2. The molecule has 1 atom stereocenters. The number of phenols is 1. The van der Waals surface area contributed by atoms with Crippen LogP contribution in [0.5, 0.6) is 5.75 Å². The molecule has 2 aromatic rings. The summed E-state index contributed by atoms with van der Waals surface area (Å²) in [6, 6.07) is 6.74. The molecule has 0 fully saturated rings. The molecular formula is C14H15N3O3. The zero-order valence-corrected chi connectivity index (χ0v) is 10.8. The summed E-state index contributed by atoms with van der Waals surface area (Å²) in [4.78, 5) is 15.5. The number of aromatic carboxylic acids is 1. The Hall–Kier alpha value is -2.34. The standard InChI is InChI=1S/C14H15N3O3/c15-8-5-6-17-10(7-8)12(14(19)20)16-13(17)9-3-1-2-4-11(9)18/h1-4,8,18H,5-7,15H2,(H,19,20). The quantitative estimate of drug-likeness (QED) is 0.763. The Morgan fingerprint density at radius 2 is 2.15 bits per heavy atom. The third-order valence-corrected chi connectivity index (χ3v) is 3.60. The van der Waals surface area contributed by atoms with Crippen molar-refractivity contribution in [3.05, 3.63) is 35.7 Å². The van der Waals surface area contributed by atoms with E-state index in [-0.39, 0.29) is 17.5 Å². The summed E-state index contributed by atoms with van der Waals surface area (Å²) in [5.41, 5.74) is 7.11. The van der Waals surface area contributed by atoms with Crippen LogP contribution in [0, 0.1) is 0 Å². The highest BCUT2D eigenvalue weighted by Gasteiger charge is 2.28. The highest BCUT2D eigenvalue weighted by Crippen LogP contribution is 2.32. The highest BCUT2D eigenvalue weighted by atomic mass is 16.4. The molecule has 20 heavy (non-hydrogen) atoms. The minimum Gasteiger partial charge on any atom is -0.507 e. The number of aromatic nitrogens is 2. The van der Waals surface area contributed by atoms with Crippen LogP contribution in [0.2, 0.25) is 0 Å². The van der Waals surface area contributed by atoms with Crippen LogP contribution in [0.15, 0.2) is 24.3 Å². The maximum Gasteiger partial charge on any atom is 0.356 e. The molecule has 0 bridgehead atoms. The van der Waals surface area contributed by atoms with Crippen LogP contribution in [-0.2, 0) is 13.0 Å². The summed E-state index contributed by atoms with van der Waals surface area (Å²) in [6.45, 7) is 0.612. The number of aromatic hydroxyl groups is 1. The summed E-state index contributed by atoms with van der Waals surface area (Å²) < 4.78 is 1.85. The van der Waals surface area contributed by atoms with Gasteiger partial charge in [0.25, 0.3) is 0 Å². The fourth-order valence-electron chi connectivity index (χ4n) is 2.62. The molecule has 3 rings (SSSR count). The van der Waals surface area contributed by atoms with Gasteiger partial charge in [-0.15, -0.1) is 0 Å². The molecule has 104 valence electrons. The zero-order valence-electron chi connectivity index (χ0n) is 10.8. The molecule has 1 aromatic carbocycles. The summed E-state index contributed by atoms with van der Waals surface area (Å²) in [6.07, 6.45) is 1.26. The summed E-state index contributed by atoms with van der Waals surface area (Å²) in [5.74, 6) is -0.487. The second kappa shape index (κ2) is 4.64. The zero-order chi connectivity index (χ0) is 14.3. The summed E-state index contributed by atoms with van der Waals surface area (Å²) in [7, 11) is 0. The van der Waals surface area contributed by atoms with Gasteiger partial charge in [0.1, 0.15) is 11.6 Å². The van der Waals surface area contributed by atoms with Gasteiger partial charge in [0.15, 0.2) is 5.69 Å². The molecule has 0 radical (unpaired) electrons. The number of imidazole rings is 1. The minimum atomic E-state index is -1.07. The third kappa shape index (κ3) is 1.94. The predicted octanol–water partition coefficient (Wildman–Crippen LogP) is 1.23. The molecule has 0 aliphatic carbocycles. The van der Waals surface area contributed by atoms with Gasteiger partial charge in [0.05, 0.1) is 11.3 Å². The lowest BCUT2D eigenvalue weighted by molar-refractivity contribution is 0.0689. The van der Waals surface area contributed by atoms with Crippen LogP contribution in [0.3, 0.4) is 0 Å². The van der Waals surface area contributed by atoms with Crippen LogP contribution in [0.25, 0.3) is 11.4 Å². The molecule has 6 heteroatoms. The number of hydrogen-bond donors (Lipinski definition) is 3. The third-order valence-electron chi connectivity index (χ3n) is 3.60. The number of benzene rings is 1. The molecular weight excluding hydrogens is 258 g/mol. The molecule has 0 saturated heterocycles. The monoisotopic (exact) mass is 273 g/mol. The van der Waals surface area contributed by atoms with E-state index in [9.17, 15) is 15.0 Å². The van der Waals surface area contributed by atoms with Crippen molar-refractivity contribution >= 4 is 5.97 Å². The van der Waals surface area contributed by atoms with E-state index in [0.29, 0.717) is 30.0 Å². The largest absolute Gasteiger partial charge is 0.507 e. The van der Waals surface area contributed by atoms with E-state index in [2.05, 4.69) is 4.98 Å². The first-order valence-corrected chi connectivity index (χ1v) is 6.44. The molecule has 0 amide bonds. The van der Waals surface area contributed by atoms with Gasteiger partial charge < -0.3 is 20.5 Å². The van der Waals surface area contributed by atoms with E-state index >= 15 is 0 Å². The number of nitrogens with two attached hydrogens (primary N) is 1. The fraction of sp³-hybridized carbons (Fsp3) is 0.286. The second-order valence-electron chi connectivity index (χ2n) is 4.96. The number of fused-ring (bicyclic) bond motifs is 1. The van der Waals surface area contributed by atoms with Crippen molar-refractivity contribution in [1.29, 1.82) is 0 Å². The number of phenolic OH excluding ortho intramolecular Hbond substituents is 1. The molecule has 6 nitrogen and oxygen atoms in total. The lowest BCUT2D eigenvalue weighted by atomic mass is 10.0. The average molecular weight is 273 g/mol. The first-order valence-electron chi connectivity index (χ1n) is 6.44. The number of carboxylic acids is 1. The van der Waals surface area contributed by atoms with Gasteiger partial charge >= 0.3 is 5.97 Å². The van der Waals surface area contributed by atoms with Crippen molar-refractivity contribution in [2.24, 2.45) is 5.73 Å². The van der Waals surface area contributed by atoms with Crippen LogP contribution in [0.4, 0.5) is 0 Å². The Morgan fingerprint density at radius 1 is 1.40 bits per heavy atom. The van der Waals surface area contributed by atoms with Gasteiger partial charge in [0.2, 0.25) is 0 Å². The van der Waals surface area contributed by atoms with E-state index < -0.39 is 5.97 Å². The number of para-hydroxylation sites is 1. The molecule has 0 saturated carbocycles. The number of rotatable bonds is 2. The number of carbonyl (C=O) groups is 1. The van der Waals surface area contributed by atoms with E-state index in [0.717, 1.165) is 6.42 Å². The summed E-state index contributed by atoms with van der Waals surface area (Å²) >= 11 is 0. The van der Waals surface area contributed by atoms with Gasteiger partial charge in [-0.2, -0.15) is 0 Å². The fourth-order valence-corrected chi connectivity index (χ4v) is 2.62. The Balaban J connectivity index is 2.20. The first kappa shape index (κ1) is 12.7. The molecule has 2 heterocycles. The molecule has 1 unspecified atom stereocenters. The maximum atomic E-state index is 11.3. The number of carboxylic acid groups (broad SMARTS) is 1. The van der Waals surface area contributed by atoms with E-state index in [1.54, 1.807) is 24.3 Å². The first-order chi connectivity index (χ1) is 9.58. The molecule has 1 aliphatic heterocycles. The topological polar surface area (TPSA) is 101 Å². The van der Waals surface area contributed by atoms with Gasteiger partial charge in [-0.3, -0.25) is 0 Å². The minimum absolute atomic E-state index is 0.0263. The van der Waals surface area contributed by atoms with Crippen LogP contribution in [0.1, 0.15) is 22.6 Å². The van der Waals surface area contributed by atoms with Crippen molar-refractivity contribution in [3.63, 3.8) is 0 Å². The van der Waals surface area contributed by atoms with Crippen molar-refractivity contribution < 1.29 is 15.0 Å². The second-order valence-corrected chi connectivity index (χ2v) is 4.96. The smallest absolute Gasteiger partial charge is 0.356 e. The van der Waals surface area contributed by atoms with Crippen LogP contribution >= 0.6 is 0 Å². The van der Waals surface area contributed by atoms with Gasteiger partial charge in [-0.25, -0.2) is 9.78 Å². The Kier molecular flexibility index (Phi) is 2.94. The van der Waals surface area contributed by atoms with E-state index in [4.69, 9.17) is 5.73 Å². The van der Waals surface area contributed by atoms with Gasteiger partial charge in [-0.05, 0) is 18.6 Å². The van der Waals surface area contributed by atoms with E-state index in [1.807, 2.05) is 4.57 Å². The normalized spacial score (nSPS) is 17.8. The van der Waals surface area contributed by atoms with Crippen molar-refractivity contribution in [2.75, 3.05) is 0 Å². The van der Waals surface area contributed by atoms with Crippen molar-refractivity contribution in [3.8, 4) is 17.1 Å². The van der Waals surface area contributed by atoms with Crippen molar-refractivity contribution in [2.45, 2.75) is 25.4 Å². The van der Waals surface area contributed by atoms with Gasteiger partial charge in [-0.1, -0.05) is 12.1 Å². The Labute approximate surface area is 115 Å². The van der Waals surface area contributed by atoms with Crippen molar-refractivity contribution in [1.82, 2.24) is 9.55 Å². The summed E-state index contributed by atoms with van der Waals surface area (Å²) in [5, 5.41) is 19.2. The lowest BCUT2D eigenvalue weighted by Crippen LogP contribution is -2.31. The predicted molar refractivity (Wildman–Crippen MR) is 72.6 cm³/mol. The van der Waals surface area contributed by atoms with E-state index in [1.165, 1.54) is 0 Å². The number of hydrogen-bond acceptors (Lipinski definition) is 4. The van der Waals surface area contributed by atoms with Crippen LogP contribution in [-0.4, -0.2) is 31.8 Å². The maximum absolute atomic E-state index is 11.3. The average Bonchev–Trinajstić information content (AvgIpc) is 2.78.